The summed E-state index contributed by atoms with van der Waals surface area (Å²) in [5.41, 5.74) is 1.42. The Hall–Kier alpha value is -1.22. The number of fused-ring (bicyclic) bond motifs is 1. The van der Waals surface area contributed by atoms with Gasteiger partial charge in [0.2, 0.25) is 0 Å². The average Bonchev–Trinajstić information content (AvgIpc) is 2.85. The molecule has 1 amide bonds. The number of rotatable bonds is 4. The lowest BCUT2D eigenvalue weighted by Gasteiger charge is -2.27. The Kier molecular flexibility index (Phi) is 3.81. The number of halogens is 1. The van der Waals surface area contributed by atoms with Crippen LogP contribution in [0.4, 0.5) is 0 Å². The molecule has 3 nitrogen and oxygen atoms in total. The molecule has 1 heterocycles. The van der Waals surface area contributed by atoms with Crippen LogP contribution < -0.4 is 10.1 Å². The van der Waals surface area contributed by atoms with Crippen molar-refractivity contribution in [3.05, 3.63) is 29.3 Å². The molecule has 0 spiro atoms. The number of alkyl halides is 1. The molecule has 0 radical (unpaired) electrons. The van der Waals surface area contributed by atoms with Crippen LogP contribution >= 0.6 is 11.6 Å². The van der Waals surface area contributed by atoms with E-state index in [1.165, 1.54) is 0 Å². The lowest BCUT2D eigenvalue weighted by atomic mass is 10.0. The molecule has 98 valence electrons. The third-order valence-corrected chi connectivity index (χ3v) is 4.03. The van der Waals surface area contributed by atoms with Gasteiger partial charge in [-0.2, -0.15) is 0 Å². The van der Waals surface area contributed by atoms with Crippen molar-refractivity contribution in [2.75, 3.05) is 12.5 Å². The molecule has 2 rings (SSSR count). The van der Waals surface area contributed by atoms with Crippen molar-refractivity contribution in [1.29, 1.82) is 0 Å². The van der Waals surface area contributed by atoms with Gasteiger partial charge >= 0.3 is 0 Å². The smallest absolute Gasteiger partial charge is 0.251 e. The molecule has 0 saturated heterocycles. The van der Waals surface area contributed by atoms with Crippen molar-refractivity contribution in [2.45, 2.75) is 32.2 Å². The minimum atomic E-state index is -0.353. The maximum absolute atomic E-state index is 12.2. The molecular weight excluding hydrogens is 250 g/mol. The Morgan fingerprint density at radius 2 is 2.33 bits per heavy atom. The van der Waals surface area contributed by atoms with Crippen molar-refractivity contribution in [3.8, 4) is 5.75 Å². The molecule has 0 saturated carbocycles. The third-order valence-electron chi connectivity index (χ3n) is 3.44. The molecule has 18 heavy (non-hydrogen) atoms. The van der Waals surface area contributed by atoms with Crippen molar-refractivity contribution < 1.29 is 9.53 Å². The summed E-state index contributed by atoms with van der Waals surface area (Å²) in [6, 6.07) is 5.56. The Morgan fingerprint density at radius 1 is 1.56 bits per heavy atom. The first kappa shape index (κ1) is 13.2. The Balaban J connectivity index is 2.14. The van der Waals surface area contributed by atoms with Gasteiger partial charge in [0.25, 0.3) is 5.91 Å². The lowest BCUT2D eigenvalue weighted by molar-refractivity contribution is 0.0912. The predicted octanol–water partition coefficient (Wildman–Crippen LogP) is 2.76. The van der Waals surface area contributed by atoms with Gasteiger partial charge < -0.3 is 10.1 Å². The first-order valence-corrected chi connectivity index (χ1v) is 6.75. The first-order chi connectivity index (χ1) is 8.58. The summed E-state index contributed by atoms with van der Waals surface area (Å²) in [6.07, 6.45) is 1.67. The summed E-state index contributed by atoms with van der Waals surface area (Å²) in [5, 5.41) is 2.99. The lowest BCUT2D eigenvalue weighted by Crippen LogP contribution is -2.47. The van der Waals surface area contributed by atoms with E-state index in [2.05, 4.69) is 5.32 Å². The Bertz CT molecular complexity index is 455. The van der Waals surface area contributed by atoms with Gasteiger partial charge in [-0.25, -0.2) is 0 Å². The highest BCUT2D eigenvalue weighted by atomic mass is 35.5. The Morgan fingerprint density at radius 3 is 3.00 bits per heavy atom. The van der Waals surface area contributed by atoms with Crippen molar-refractivity contribution >= 4 is 17.5 Å². The van der Waals surface area contributed by atoms with Crippen LogP contribution in [0.15, 0.2) is 18.2 Å². The molecule has 0 aliphatic carbocycles. The van der Waals surface area contributed by atoms with E-state index in [1.54, 1.807) is 6.07 Å². The normalized spacial score (nSPS) is 16.6. The van der Waals surface area contributed by atoms with Gasteiger partial charge in [-0.05, 0) is 37.1 Å². The minimum absolute atomic E-state index is 0.0744. The number of benzene rings is 1. The highest BCUT2D eigenvalue weighted by Crippen LogP contribution is 2.26. The summed E-state index contributed by atoms with van der Waals surface area (Å²) in [6.45, 7) is 4.67. The zero-order valence-corrected chi connectivity index (χ0v) is 11.5. The van der Waals surface area contributed by atoms with E-state index < -0.39 is 0 Å². The van der Waals surface area contributed by atoms with E-state index in [9.17, 15) is 4.79 Å². The maximum Gasteiger partial charge on any atom is 0.251 e. The fourth-order valence-corrected chi connectivity index (χ4v) is 2.15. The maximum atomic E-state index is 12.2. The first-order valence-electron chi connectivity index (χ1n) is 6.22. The summed E-state index contributed by atoms with van der Waals surface area (Å²) >= 11 is 5.90. The van der Waals surface area contributed by atoms with Crippen molar-refractivity contribution in [3.63, 3.8) is 0 Å². The van der Waals surface area contributed by atoms with Gasteiger partial charge in [0.1, 0.15) is 5.75 Å². The number of carbonyl (C=O) groups excluding carboxylic acids is 1. The molecule has 1 aliphatic rings. The fourth-order valence-electron chi connectivity index (χ4n) is 1.89. The molecule has 1 unspecified atom stereocenters. The molecule has 0 fully saturated rings. The quantitative estimate of drug-likeness (QED) is 0.852. The second kappa shape index (κ2) is 5.19. The predicted molar refractivity (Wildman–Crippen MR) is 72.5 cm³/mol. The topological polar surface area (TPSA) is 38.3 Å². The monoisotopic (exact) mass is 267 g/mol. The minimum Gasteiger partial charge on any atom is -0.493 e. The molecule has 4 heteroatoms. The van der Waals surface area contributed by atoms with Gasteiger partial charge in [0.05, 0.1) is 12.1 Å². The summed E-state index contributed by atoms with van der Waals surface area (Å²) in [4.78, 5) is 12.2. The van der Waals surface area contributed by atoms with Gasteiger partial charge in [-0.15, -0.1) is 11.6 Å². The standard InChI is InChI=1S/C14H18ClNO2/c1-3-14(2,9-15)16-13(17)11-4-5-12-10(8-11)6-7-18-12/h4-5,8H,3,6-7,9H2,1-2H3,(H,16,17). The van der Waals surface area contributed by atoms with E-state index in [1.807, 2.05) is 26.0 Å². The summed E-state index contributed by atoms with van der Waals surface area (Å²) in [5.74, 6) is 1.22. The van der Waals surface area contributed by atoms with Crippen LogP contribution in [-0.2, 0) is 6.42 Å². The molecule has 1 aromatic rings. The van der Waals surface area contributed by atoms with E-state index in [0.29, 0.717) is 18.1 Å². The molecule has 0 bridgehead atoms. The van der Waals surface area contributed by atoms with E-state index in [0.717, 1.165) is 24.2 Å². The molecular formula is C14H18ClNO2. The van der Waals surface area contributed by atoms with Crippen LogP contribution in [0.1, 0.15) is 36.2 Å². The molecule has 0 aromatic heterocycles. The zero-order chi connectivity index (χ0) is 13.2. The molecule has 1 aliphatic heterocycles. The zero-order valence-electron chi connectivity index (χ0n) is 10.8. The summed E-state index contributed by atoms with van der Waals surface area (Å²) in [7, 11) is 0. The van der Waals surface area contributed by atoms with E-state index in [4.69, 9.17) is 16.3 Å². The van der Waals surface area contributed by atoms with Crippen molar-refractivity contribution in [2.24, 2.45) is 0 Å². The molecule has 1 N–H and O–H groups in total. The highest BCUT2D eigenvalue weighted by Gasteiger charge is 2.24. The number of hydrogen-bond donors (Lipinski definition) is 1. The largest absolute Gasteiger partial charge is 0.493 e. The number of hydrogen-bond acceptors (Lipinski definition) is 2. The number of carbonyl (C=O) groups is 1. The second-order valence-corrected chi connectivity index (χ2v) is 5.19. The van der Waals surface area contributed by atoms with Crippen LogP contribution in [0, 0.1) is 0 Å². The summed E-state index contributed by atoms with van der Waals surface area (Å²) < 4.78 is 5.42. The van der Waals surface area contributed by atoms with Gasteiger partial charge in [0, 0.05) is 17.9 Å². The molecule has 1 atom stereocenters. The highest BCUT2D eigenvalue weighted by molar-refractivity contribution is 6.18. The van der Waals surface area contributed by atoms with Gasteiger partial charge in [-0.1, -0.05) is 6.92 Å². The second-order valence-electron chi connectivity index (χ2n) is 4.92. The fraction of sp³-hybridized carbons (Fsp3) is 0.500. The van der Waals surface area contributed by atoms with Crippen LogP contribution in [0.5, 0.6) is 5.75 Å². The van der Waals surface area contributed by atoms with Gasteiger partial charge in [0.15, 0.2) is 0 Å². The number of ether oxygens (including phenoxy) is 1. The Labute approximate surface area is 112 Å². The number of nitrogens with one attached hydrogen (secondary N) is 1. The third kappa shape index (κ3) is 2.61. The van der Waals surface area contributed by atoms with Crippen molar-refractivity contribution in [1.82, 2.24) is 5.32 Å². The SMILES string of the molecule is CCC(C)(CCl)NC(=O)c1ccc2c(c1)CCO2. The van der Waals surface area contributed by atoms with Crippen LogP contribution in [0.3, 0.4) is 0 Å². The van der Waals surface area contributed by atoms with Crippen LogP contribution in [-0.4, -0.2) is 23.9 Å². The number of amides is 1. The van der Waals surface area contributed by atoms with Gasteiger partial charge in [-0.3, -0.25) is 4.79 Å². The van der Waals surface area contributed by atoms with Crippen LogP contribution in [0.25, 0.3) is 0 Å². The van der Waals surface area contributed by atoms with Crippen LogP contribution in [0.2, 0.25) is 0 Å². The van der Waals surface area contributed by atoms with E-state index in [-0.39, 0.29) is 11.4 Å². The van der Waals surface area contributed by atoms with E-state index >= 15 is 0 Å². The molecule has 1 aromatic carbocycles. The average molecular weight is 268 g/mol.